The molecule has 1 aromatic rings. The zero-order chi connectivity index (χ0) is 16.4. The van der Waals surface area contributed by atoms with E-state index >= 15 is 0 Å². The minimum atomic E-state index is -0.373. The number of amides is 1. The SMILES string of the molecule is N=C1N=C(N2CCCC2)NC(=O)/C1=C/Nc1c(Cl)cccc1Cl. The molecule has 6 nitrogen and oxygen atoms in total. The average molecular weight is 352 g/mol. The average Bonchev–Trinajstić information content (AvgIpc) is 3.03. The highest BCUT2D eigenvalue weighted by Crippen LogP contribution is 2.30. The van der Waals surface area contributed by atoms with Crippen molar-refractivity contribution in [1.29, 1.82) is 5.41 Å². The summed E-state index contributed by atoms with van der Waals surface area (Å²) in [5.41, 5.74) is 0.613. The van der Waals surface area contributed by atoms with Crippen LogP contribution in [-0.4, -0.2) is 35.7 Å². The van der Waals surface area contributed by atoms with Crippen LogP contribution in [0.15, 0.2) is 35.0 Å². The Kier molecular flexibility index (Phi) is 4.54. The molecule has 120 valence electrons. The van der Waals surface area contributed by atoms with E-state index in [1.165, 1.54) is 6.20 Å². The second-order valence-corrected chi connectivity index (χ2v) is 6.05. The van der Waals surface area contributed by atoms with E-state index < -0.39 is 0 Å². The number of rotatable bonds is 2. The second kappa shape index (κ2) is 6.60. The summed E-state index contributed by atoms with van der Waals surface area (Å²) in [6.45, 7) is 1.69. The van der Waals surface area contributed by atoms with Crippen molar-refractivity contribution in [3.63, 3.8) is 0 Å². The molecule has 0 spiro atoms. The molecule has 0 unspecified atom stereocenters. The fourth-order valence-corrected chi connectivity index (χ4v) is 2.97. The highest BCUT2D eigenvalue weighted by molar-refractivity contribution is 6.39. The van der Waals surface area contributed by atoms with E-state index in [1.54, 1.807) is 18.2 Å². The highest BCUT2D eigenvalue weighted by Gasteiger charge is 2.27. The zero-order valence-corrected chi connectivity index (χ0v) is 13.7. The van der Waals surface area contributed by atoms with E-state index in [0.29, 0.717) is 21.7 Å². The molecule has 1 amide bonds. The van der Waals surface area contributed by atoms with E-state index in [9.17, 15) is 4.79 Å². The van der Waals surface area contributed by atoms with Gasteiger partial charge >= 0.3 is 0 Å². The Bertz CT molecular complexity index is 702. The number of halogens is 2. The molecular weight excluding hydrogens is 337 g/mol. The number of benzene rings is 1. The Morgan fingerprint density at radius 1 is 1.26 bits per heavy atom. The predicted molar refractivity (Wildman–Crippen MR) is 92.3 cm³/mol. The van der Waals surface area contributed by atoms with Gasteiger partial charge in [0.05, 0.1) is 21.3 Å². The first-order valence-electron chi connectivity index (χ1n) is 7.21. The monoisotopic (exact) mass is 351 g/mol. The fourth-order valence-electron chi connectivity index (χ4n) is 2.46. The third-order valence-electron chi connectivity index (χ3n) is 3.67. The summed E-state index contributed by atoms with van der Waals surface area (Å²) in [6.07, 6.45) is 3.53. The number of nitrogens with zero attached hydrogens (tertiary/aromatic N) is 2. The topological polar surface area (TPSA) is 80.6 Å². The second-order valence-electron chi connectivity index (χ2n) is 5.23. The van der Waals surface area contributed by atoms with Crippen molar-refractivity contribution in [2.45, 2.75) is 12.8 Å². The number of carbonyl (C=O) groups excluding carboxylic acids is 1. The summed E-state index contributed by atoms with van der Waals surface area (Å²) in [5, 5.41) is 14.5. The molecule has 23 heavy (non-hydrogen) atoms. The lowest BCUT2D eigenvalue weighted by molar-refractivity contribution is -0.115. The lowest BCUT2D eigenvalue weighted by atomic mass is 10.2. The van der Waals surface area contributed by atoms with Gasteiger partial charge in [0.2, 0.25) is 5.96 Å². The number of carbonyl (C=O) groups is 1. The smallest absolute Gasteiger partial charge is 0.263 e. The molecule has 1 aromatic carbocycles. The number of guanidine groups is 1. The van der Waals surface area contributed by atoms with Gasteiger partial charge in [0.15, 0.2) is 5.84 Å². The van der Waals surface area contributed by atoms with Crippen LogP contribution in [0.3, 0.4) is 0 Å². The van der Waals surface area contributed by atoms with E-state index in [-0.39, 0.29) is 17.3 Å². The molecule has 0 atom stereocenters. The molecule has 0 aliphatic carbocycles. The first-order valence-corrected chi connectivity index (χ1v) is 7.96. The van der Waals surface area contributed by atoms with Crippen LogP contribution in [0.5, 0.6) is 0 Å². The summed E-state index contributed by atoms with van der Waals surface area (Å²) in [6, 6.07) is 5.10. The van der Waals surface area contributed by atoms with Gasteiger partial charge in [-0.2, -0.15) is 4.99 Å². The largest absolute Gasteiger partial charge is 0.358 e. The van der Waals surface area contributed by atoms with E-state index in [0.717, 1.165) is 25.9 Å². The number of hydrogen-bond acceptors (Lipinski definition) is 4. The van der Waals surface area contributed by atoms with Crippen molar-refractivity contribution in [2.24, 2.45) is 4.99 Å². The van der Waals surface area contributed by atoms with Gasteiger partial charge in [-0.25, -0.2) is 0 Å². The zero-order valence-electron chi connectivity index (χ0n) is 12.2. The van der Waals surface area contributed by atoms with Crippen molar-refractivity contribution < 1.29 is 4.79 Å². The summed E-state index contributed by atoms with van der Waals surface area (Å²) in [4.78, 5) is 18.4. The molecule has 3 rings (SSSR count). The molecule has 0 aromatic heterocycles. The summed E-state index contributed by atoms with van der Waals surface area (Å²) in [7, 11) is 0. The van der Waals surface area contributed by atoms with Gasteiger partial charge in [-0.05, 0) is 25.0 Å². The first kappa shape index (κ1) is 15.8. The third kappa shape index (κ3) is 3.33. The van der Waals surface area contributed by atoms with E-state index in [1.807, 2.05) is 4.90 Å². The molecule has 0 radical (unpaired) electrons. The molecular formula is C15H15Cl2N5O. The van der Waals surface area contributed by atoms with Crippen LogP contribution in [0.25, 0.3) is 0 Å². The minimum Gasteiger partial charge on any atom is -0.358 e. The number of aliphatic imine (C=N–C) groups is 1. The Balaban J connectivity index is 1.80. The lowest BCUT2D eigenvalue weighted by Crippen LogP contribution is -2.47. The van der Waals surface area contributed by atoms with Crippen LogP contribution in [0.1, 0.15) is 12.8 Å². The van der Waals surface area contributed by atoms with Crippen LogP contribution in [0, 0.1) is 5.41 Å². The van der Waals surface area contributed by atoms with Crippen LogP contribution >= 0.6 is 23.2 Å². The molecule has 1 saturated heterocycles. The van der Waals surface area contributed by atoms with Gasteiger partial charge in [-0.1, -0.05) is 29.3 Å². The van der Waals surface area contributed by atoms with Gasteiger partial charge in [-0.15, -0.1) is 0 Å². The van der Waals surface area contributed by atoms with Crippen molar-refractivity contribution in [1.82, 2.24) is 10.2 Å². The summed E-state index contributed by atoms with van der Waals surface area (Å²) in [5.74, 6) is -0.0145. The standard InChI is InChI=1S/C15H15Cl2N5O/c16-10-4-3-5-11(17)12(10)19-8-9-13(18)20-15(21-14(9)23)22-6-1-2-7-22/h3-5,8,19H,1-2,6-7H2,(H2,18,20,21,23)/b9-8+. The van der Waals surface area contributed by atoms with Crippen molar-refractivity contribution in [3.8, 4) is 0 Å². The molecule has 2 aliphatic rings. The number of nitrogens with one attached hydrogen (secondary N) is 3. The highest BCUT2D eigenvalue weighted by atomic mass is 35.5. The predicted octanol–water partition coefficient (Wildman–Crippen LogP) is 2.85. The maximum absolute atomic E-state index is 12.2. The Morgan fingerprint density at radius 3 is 2.52 bits per heavy atom. The van der Waals surface area contributed by atoms with Crippen molar-refractivity contribution in [2.75, 3.05) is 18.4 Å². The van der Waals surface area contributed by atoms with Gasteiger partial charge < -0.3 is 10.2 Å². The quantitative estimate of drug-likeness (QED) is 0.716. The maximum atomic E-state index is 12.2. The molecule has 3 N–H and O–H groups in total. The van der Waals surface area contributed by atoms with Crippen LogP contribution < -0.4 is 10.6 Å². The first-order chi connectivity index (χ1) is 11.1. The van der Waals surface area contributed by atoms with Gasteiger partial charge in [0.1, 0.15) is 0 Å². The van der Waals surface area contributed by atoms with E-state index in [2.05, 4.69) is 15.6 Å². The molecule has 0 bridgehead atoms. The Labute approximate surface area is 143 Å². The molecule has 2 heterocycles. The van der Waals surface area contributed by atoms with Crippen LogP contribution in [0.2, 0.25) is 10.0 Å². The molecule has 1 fully saturated rings. The molecule has 2 aliphatic heterocycles. The van der Waals surface area contributed by atoms with Crippen LogP contribution in [0.4, 0.5) is 5.69 Å². The molecule has 8 heteroatoms. The van der Waals surface area contributed by atoms with Crippen molar-refractivity contribution >= 4 is 46.6 Å². The number of amidine groups is 1. The van der Waals surface area contributed by atoms with Gasteiger partial charge in [-0.3, -0.25) is 15.5 Å². The summed E-state index contributed by atoms with van der Waals surface area (Å²) >= 11 is 12.1. The number of anilines is 1. The van der Waals surface area contributed by atoms with Gasteiger partial charge in [0, 0.05) is 19.3 Å². The van der Waals surface area contributed by atoms with E-state index in [4.69, 9.17) is 28.6 Å². The van der Waals surface area contributed by atoms with Crippen LogP contribution in [-0.2, 0) is 4.79 Å². The Morgan fingerprint density at radius 2 is 1.91 bits per heavy atom. The third-order valence-corrected chi connectivity index (χ3v) is 4.30. The minimum absolute atomic E-state index is 0.0914. The lowest BCUT2D eigenvalue weighted by Gasteiger charge is -2.24. The van der Waals surface area contributed by atoms with Gasteiger partial charge in [0.25, 0.3) is 5.91 Å². The molecule has 0 saturated carbocycles. The number of para-hydroxylation sites is 1. The Hall–Kier alpha value is -2.05. The maximum Gasteiger partial charge on any atom is 0.263 e. The van der Waals surface area contributed by atoms with Crippen molar-refractivity contribution in [3.05, 3.63) is 40.0 Å². The fraction of sp³-hybridized carbons (Fsp3) is 0.267. The number of hydrogen-bond donors (Lipinski definition) is 3. The normalized spacial score (nSPS) is 19.8. The number of likely N-dealkylation sites (tertiary alicyclic amines) is 1. The summed E-state index contributed by atoms with van der Waals surface area (Å²) < 4.78 is 0.